The van der Waals surface area contributed by atoms with Crippen LogP contribution in [0.1, 0.15) is 37.7 Å². The number of benzene rings is 1. The van der Waals surface area contributed by atoms with E-state index in [0.29, 0.717) is 12.8 Å². The molecule has 0 bridgehead atoms. The van der Waals surface area contributed by atoms with E-state index in [2.05, 4.69) is 15.9 Å². The zero-order chi connectivity index (χ0) is 14.4. The molecule has 0 saturated heterocycles. The molecule has 1 spiro atoms. The van der Waals surface area contributed by atoms with Crippen LogP contribution in [-0.2, 0) is 6.42 Å². The summed E-state index contributed by atoms with van der Waals surface area (Å²) in [5.74, 6) is -0.462. The van der Waals surface area contributed by atoms with E-state index < -0.39 is 17.7 Å². The third-order valence-electron chi connectivity index (χ3n) is 4.47. The molecule has 2 atom stereocenters. The van der Waals surface area contributed by atoms with Crippen molar-refractivity contribution in [3.05, 3.63) is 28.2 Å². The Kier molecular flexibility index (Phi) is 3.51. The highest BCUT2D eigenvalue weighted by Crippen LogP contribution is 2.48. The highest BCUT2D eigenvalue weighted by molar-refractivity contribution is 9.10. The Hall–Kier alpha value is -0.710. The van der Waals surface area contributed by atoms with E-state index in [9.17, 15) is 13.2 Å². The van der Waals surface area contributed by atoms with Crippen molar-refractivity contribution in [2.24, 2.45) is 5.92 Å². The number of aryl methyl sites for hydroxylation is 1. The van der Waals surface area contributed by atoms with Gasteiger partial charge < -0.3 is 4.74 Å². The van der Waals surface area contributed by atoms with Gasteiger partial charge in [-0.2, -0.15) is 13.2 Å². The molecule has 0 N–H and O–H groups in total. The molecule has 1 nitrogen and oxygen atoms in total. The highest BCUT2D eigenvalue weighted by atomic mass is 79.9. The van der Waals surface area contributed by atoms with Crippen molar-refractivity contribution < 1.29 is 17.9 Å². The molecule has 0 radical (unpaired) electrons. The minimum Gasteiger partial charge on any atom is -0.487 e. The van der Waals surface area contributed by atoms with E-state index in [1.165, 1.54) is 0 Å². The van der Waals surface area contributed by atoms with Crippen molar-refractivity contribution in [2.75, 3.05) is 0 Å². The molecule has 2 aliphatic rings. The Labute approximate surface area is 124 Å². The van der Waals surface area contributed by atoms with E-state index in [1.807, 2.05) is 18.2 Å². The lowest BCUT2D eigenvalue weighted by Crippen LogP contribution is -2.46. The average Bonchev–Trinajstić information content (AvgIpc) is 2.38. The zero-order valence-electron chi connectivity index (χ0n) is 11.0. The summed E-state index contributed by atoms with van der Waals surface area (Å²) in [6.45, 7) is 0. The van der Waals surface area contributed by atoms with Crippen LogP contribution in [-0.4, -0.2) is 11.8 Å². The molecule has 3 rings (SSSR count). The van der Waals surface area contributed by atoms with E-state index >= 15 is 0 Å². The van der Waals surface area contributed by atoms with Crippen LogP contribution < -0.4 is 4.74 Å². The molecule has 0 aromatic heterocycles. The summed E-state index contributed by atoms with van der Waals surface area (Å²) in [4.78, 5) is 0. The van der Waals surface area contributed by atoms with Crippen LogP contribution in [0.25, 0.3) is 0 Å². The summed E-state index contributed by atoms with van der Waals surface area (Å²) in [6, 6.07) is 5.73. The minimum atomic E-state index is -4.10. The molecule has 1 aromatic rings. The van der Waals surface area contributed by atoms with Crippen molar-refractivity contribution in [1.82, 2.24) is 0 Å². The topological polar surface area (TPSA) is 9.23 Å². The van der Waals surface area contributed by atoms with E-state index in [-0.39, 0.29) is 12.8 Å². The quantitative estimate of drug-likeness (QED) is 0.620. The van der Waals surface area contributed by atoms with Crippen molar-refractivity contribution >= 4 is 15.9 Å². The number of fused-ring (bicyclic) bond motifs is 1. The average molecular weight is 349 g/mol. The summed E-state index contributed by atoms with van der Waals surface area (Å²) < 4.78 is 45.9. The van der Waals surface area contributed by atoms with Gasteiger partial charge in [0.15, 0.2) is 0 Å². The number of hydrogen-bond acceptors (Lipinski definition) is 1. The molecule has 5 heteroatoms. The van der Waals surface area contributed by atoms with Gasteiger partial charge in [-0.05, 0) is 62.3 Å². The lowest BCUT2D eigenvalue weighted by Gasteiger charge is -2.44. The SMILES string of the molecule is FC(F)(F)C1CCCC2(CCc3cc(Br)ccc3O2)C1. The lowest BCUT2D eigenvalue weighted by molar-refractivity contribution is -0.199. The Morgan fingerprint density at radius 3 is 2.80 bits per heavy atom. The van der Waals surface area contributed by atoms with Crippen LogP contribution in [0.5, 0.6) is 5.75 Å². The fraction of sp³-hybridized carbons (Fsp3) is 0.600. The zero-order valence-corrected chi connectivity index (χ0v) is 12.6. The van der Waals surface area contributed by atoms with Gasteiger partial charge in [-0.25, -0.2) is 0 Å². The van der Waals surface area contributed by atoms with Gasteiger partial charge >= 0.3 is 6.18 Å². The number of alkyl halides is 3. The molecular weight excluding hydrogens is 333 g/mol. The molecule has 1 aliphatic heterocycles. The van der Waals surface area contributed by atoms with E-state index in [0.717, 1.165) is 28.6 Å². The summed E-state index contributed by atoms with van der Waals surface area (Å²) in [7, 11) is 0. The van der Waals surface area contributed by atoms with Gasteiger partial charge in [0.1, 0.15) is 11.4 Å². The first kappa shape index (κ1) is 14.2. The Balaban J connectivity index is 1.82. The van der Waals surface area contributed by atoms with Crippen molar-refractivity contribution in [1.29, 1.82) is 0 Å². The first-order chi connectivity index (χ1) is 9.38. The predicted molar refractivity (Wildman–Crippen MR) is 73.8 cm³/mol. The molecule has 1 aromatic carbocycles. The second-order valence-corrected chi connectivity index (χ2v) is 6.79. The molecule has 1 fully saturated rings. The Morgan fingerprint density at radius 1 is 1.25 bits per heavy atom. The third-order valence-corrected chi connectivity index (χ3v) is 4.96. The van der Waals surface area contributed by atoms with Crippen molar-refractivity contribution in [2.45, 2.75) is 50.3 Å². The largest absolute Gasteiger partial charge is 0.487 e. The van der Waals surface area contributed by atoms with E-state index in [4.69, 9.17) is 4.74 Å². The van der Waals surface area contributed by atoms with Gasteiger partial charge in [0.05, 0.1) is 5.92 Å². The second-order valence-electron chi connectivity index (χ2n) is 5.87. The van der Waals surface area contributed by atoms with Crippen molar-refractivity contribution in [3.63, 3.8) is 0 Å². The van der Waals surface area contributed by atoms with Crippen LogP contribution in [0.3, 0.4) is 0 Å². The van der Waals surface area contributed by atoms with Gasteiger partial charge in [0.2, 0.25) is 0 Å². The maximum absolute atomic E-state index is 13.0. The minimum absolute atomic E-state index is 0.103. The summed E-state index contributed by atoms with van der Waals surface area (Å²) in [5, 5.41) is 0. The van der Waals surface area contributed by atoms with Crippen LogP contribution >= 0.6 is 15.9 Å². The molecule has 1 aliphatic carbocycles. The van der Waals surface area contributed by atoms with Gasteiger partial charge in [0.25, 0.3) is 0 Å². The molecule has 110 valence electrons. The fourth-order valence-electron chi connectivity index (χ4n) is 3.41. The molecule has 1 heterocycles. The number of hydrogen-bond donors (Lipinski definition) is 0. The van der Waals surface area contributed by atoms with E-state index in [1.54, 1.807) is 0 Å². The molecular formula is C15H16BrF3O. The lowest BCUT2D eigenvalue weighted by atomic mass is 9.73. The third kappa shape index (κ3) is 2.69. The Bertz CT molecular complexity index is 514. The maximum atomic E-state index is 13.0. The van der Waals surface area contributed by atoms with Gasteiger partial charge in [0, 0.05) is 4.47 Å². The Morgan fingerprint density at radius 2 is 2.05 bits per heavy atom. The smallest absolute Gasteiger partial charge is 0.391 e. The van der Waals surface area contributed by atoms with Crippen LogP contribution in [0.4, 0.5) is 13.2 Å². The van der Waals surface area contributed by atoms with Gasteiger partial charge in [-0.1, -0.05) is 15.9 Å². The van der Waals surface area contributed by atoms with Crippen LogP contribution in [0.15, 0.2) is 22.7 Å². The highest BCUT2D eigenvalue weighted by Gasteiger charge is 2.49. The molecule has 0 amide bonds. The first-order valence-electron chi connectivity index (χ1n) is 6.92. The van der Waals surface area contributed by atoms with Gasteiger partial charge in [-0.15, -0.1) is 0 Å². The van der Waals surface area contributed by atoms with Gasteiger partial charge in [-0.3, -0.25) is 0 Å². The van der Waals surface area contributed by atoms with Crippen LogP contribution in [0, 0.1) is 5.92 Å². The molecule has 2 unspecified atom stereocenters. The first-order valence-corrected chi connectivity index (χ1v) is 7.71. The van der Waals surface area contributed by atoms with Crippen molar-refractivity contribution in [3.8, 4) is 5.75 Å². The second kappa shape index (κ2) is 4.93. The standard InChI is InChI=1S/C15H16BrF3O/c16-12-3-4-13-10(8-12)5-7-14(20-13)6-1-2-11(9-14)15(17,18)19/h3-4,8,11H,1-2,5-7,9H2. The van der Waals surface area contributed by atoms with Crippen LogP contribution in [0.2, 0.25) is 0 Å². The summed E-state index contributed by atoms with van der Waals surface area (Å²) in [5.41, 5.74) is 0.471. The maximum Gasteiger partial charge on any atom is 0.391 e. The molecule has 20 heavy (non-hydrogen) atoms. The summed E-state index contributed by atoms with van der Waals surface area (Å²) >= 11 is 3.41. The fourth-order valence-corrected chi connectivity index (χ4v) is 3.82. The normalized spacial score (nSPS) is 29.9. The summed E-state index contributed by atoms with van der Waals surface area (Å²) in [6.07, 6.45) is -0.960. The number of halogens is 4. The number of ether oxygens (including phenoxy) is 1. The monoisotopic (exact) mass is 348 g/mol. The number of rotatable bonds is 0. The molecule has 1 saturated carbocycles. The predicted octanol–water partition coefficient (Wildman–Crippen LogP) is 5.27.